The molecule has 0 aliphatic rings. The number of carboxylic acids is 1. The average Bonchev–Trinajstić information content (AvgIpc) is 2.35. The number of aliphatic carboxylic acids is 1. The Balaban J connectivity index is 2.53. The number of nitrogens with one attached hydrogen (secondary N) is 1. The fraction of sp³-hybridized carbons (Fsp3) is 0.273. The van der Waals surface area contributed by atoms with E-state index in [0.717, 1.165) is 0 Å². The average molecular weight is 271 g/mol. The van der Waals surface area contributed by atoms with Gasteiger partial charge >= 0.3 is 5.97 Å². The van der Waals surface area contributed by atoms with Gasteiger partial charge in [0, 0.05) is 6.42 Å². The summed E-state index contributed by atoms with van der Waals surface area (Å²) in [5.41, 5.74) is 0. The van der Waals surface area contributed by atoms with Gasteiger partial charge in [-0.2, -0.15) is 0 Å². The van der Waals surface area contributed by atoms with E-state index in [1.54, 1.807) is 18.2 Å². The van der Waals surface area contributed by atoms with Crippen LogP contribution < -0.4 is 5.32 Å². The number of carbonyl (C=O) groups is 2. The summed E-state index contributed by atoms with van der Waals surface area (Å²) in [6.45, 7) is -0.510. The lowest BCUT2D eigenvalue weighted by atomic mass is 10.4. The van der Waals surface area contributed by atoms with Gasteiger partial charge in [0.25, 0.3) is 0 Å². The first-order valence-electron chi connectivity index (χ1n) is 5.18. The van der Waals surface area contributed by atoms with Crippen LogP contribution in [-0.4, -0.2) is 37.7 Å². The van der Waals surface area contributed by atoms with Crippen LogP contribution in [-0.2, 0) is 19.4 Å². The summed E-state index contributed by atoms with van der Waals surface area (Å²) in [4.78, 5) is 21.5. The maximum Gasteiger partial charge on any atom is 0.322 e. The van der Waals surface area contributed by atoms with E-state index in [1.807, 2.05) is 0 Å². The van der Waals surface area contributed by atoms with Crippen LogP contribution in [0.25, 0.3) is 0 Å². The number of amides is 1. The molecule has 98 valence electrons. The highest BCUT2D eigenvalue weighted by atomic mass is 32.2. The molecule has 0 unspecified atom stereocenters. The van der Waals surface area contributed by atoms with Crippen molar-refractivity contribution >= 4 is 21.7 Å². The van der Waals surface area contributed by atoms with Gasteiger partial charge in [-0.3, -0.25) is 9.59 Å². The molecule has 6 nitrogen and oxygen atoms in total. The van der Waals surface area contributed by atoms with Gasteiger partial charge in [-0.15, -0.1) is 0 Å². The number of benzene rings is 1. The number of carbonyl (C=O) groups excluding carboxylic acids is 1. The van der Waals surface area contributed by atoms with Gasteiger partial charge < -0.3 is 10.4 Å². The van der Waals surface area contributed by atoms with Crippen molar-refractivity contribution in [3.63, 3.8) is 0 Å². The molecule has 7 heteroatoms. The fourth-order valence-corrected chi connectivity index (χ4v) is 2.50. The maximum absolute atomic E-state index is 11.8. The van der Waals surface area contributed by atoms with Crippen molar-refractivity contribution in [3.05, 3.63) is 30.3 Å². The number of carboxylic acid groups (broad SMARTS) is 1. The van der Waals surface area contributed by atoms with Crippen LogP contribution in [0.15, 0.2) is 35.2 Å². The van der Waals surface area contributed by atoms with Crippen LogP contribution in [0.1, 0.15) is 6.42 Å². The van der Waals surface area contributed by atoms with Crippen molar-refractivity contribution < 1.29 is 23.1 Å². The van der Waals surface area contributed by atoms with Crippen LogP contribution in [0.3, 0.4) is 0 Å². The van der Waals surface area contributed by atoms with Crippen LogP contribution in [0.5, 0.6) is 0 Å². The van der Waals surface area contributed by atoms with Crippen LogP contribution in [0.4, 0.5) is 0 Å². The molecule has 0 fully saturated rings. The second-order valence-corrected chi connectivity index (χ2v) is 5.66. The summed E-state index contributed by atoms with van der Waals surface area (Å²) in [6, 6.07) is 7.78. The lowest BCUT2D eigenvalue weighted by Crippen LogP contribution is -2.30. The summed E-state index contributed by atoms with van der Waals surface area (Å²) in [6.07, 6.45) is -0.259. The highest BCUT2D eigenvalue weighted by Crippen LogP contribution is 2.10. The Morgan fingerprint density at radius 2 is 1.78 bits per heavy atom. The number of rotatable bonds is 6. The van der Waals surface area contributed by atoms with E-state index >= 15 is 0 Å². The van der Waals surface area contributed by atoms with Gasteiger partial charge in [-0.05, 0) is 12.1 Å². The molecule has 0 atom stereocenters. The molecule has 18 heavy (non-hydrogen) atoms. The van der Waals surface area contributed by atoms with Gasteiger partial charge in [0.15, 0.2) is 9.84 Å². The Labute approximate surface area is 105 Å². The molecule has 0 aliphatic heterocycles. The lowest BCUT2D eigenvalue weighted by molar-refractivity contribution is -0.137. The highest BCUT2D eigenvalue weighted by Gasteiger charge is 2.16. The molecule has 1 aromatic rings. The van der Waals surface area contributed by atoms with Crippen molar-refractivity contribution in [2.45, 2.75) is 11.3 Å². The Kier molecular flexibility index (Phi) is 4.85. The van der Waals surface area contributed by atoms with Crippen molar-refractivity contribution in [2.75, 3.05) is 12.3 Å². The standard InChI is InChI=1S/C11H13NO5S/c13-10(12-8-11(14)15)6-7-18(16,17)9-4-2-1-3-5-9/h1-5H,6-8H2,(H,12,13)(H,14,15). The molecule has 2 N–H and O–H groups in total. The van der Waals surface area contributed by atoms with E-state index in [0.29, 0.717) is 0 Å². The van der Waals surface area contributed by atoms with Crippen molar-refractivity contribution in [3.8, 4) is 0 Å². The predicted octanol–water partition coefficient (Wildman–Crippen LogP) is 0.0512. The summed E-state index contributed by atoms with van der Waals surface area (Å²) < 4.78 is 23.6. The smallest absolute Gasteiger partial charge is 0.322 e. The first-order valence-corrected chi connectivity index (χ1v) is 6.83. The second kappa shape index (κ2) is 6.15. The molecular weight excluding hydrogens is 258 g/mol. The molecule has 0 saturated carbocycles. The van der Waals surface area contributed by atoms with Gasteiger partial charge in [0.2, 0.25) is 5.91 Å². The zero-order valence-corrected chi connectivity index (χ0v) is 10.3. The third kappa shape index (κ3) is 4.54. The normalized spacial score (nSPS) is 10.9. The minimum atomic E-state index is -3.50. The van der Waals surface area contributed by atoms with Crippen molar-refractivity contribution in [1.82, 2.24) is 5.32 Å². The topological polar surface area (TPSA) is 101 Å². The Bertz CT molecular complexity index is 524. The Morgan fingerprint density at radius 1 is 1.17 bits per heavy atom. The minimum absolute atomic E-state index is 0.149. The van der Waals surface area contributed by atoms with Crippen LogP contribution in [0.2, 0.25) is 0 Å². The van der Waals surface area contributed by atoms with E-state index in [9.17, 15) is 18.0 Å². The third-order valence-electron chi connectivity index (χ3n) is 2.14. The summed E-state index contributed by atoms with van der Waals surface area (Å²) in [5, 5.41) is 10.4. The molecule has 0 radical (unpaired) electrons. The molecule has 0 spiro atoms. The zero-order valence-electron chi connectivity index (χ0n) is 9.50. The van der Waals surface area contributed by atoms with Gasteiger partial charge in [0.1, 0.15) is 6.54 Å². The maximum atomic E-state index is 11.8. The van der Waals surface area contributed by atoms with Gasteiger partial charge in [-0.1, -0.05) is 18.2 Å². The summed E-state index contributed by atoms with van der Waals surface area (Å²) >= 11 is 0. The van der Waals surface area contributed by atoms with Crippen molar-refractivity contribution in [1.29, 1.82) is 0 Å². The minimum Gasteiger partial charge on any atom is -0.480 e. The number of sulfone groups is 1. The molecule has 1 amide bonds. The fourth-order valence-electron chi connectivity index (χ4n) is 1.24. The van der Waals surface area contributed by atoms with E-state index in [2.05, 4.69) is 5.32 Å². The number of hydrogen-bond donors (Lipinski definition) is 2. The molecule has 0 bridgehead atoms. The third-order valence-corrected chi connectivity index (χ3v) is 3.87. The van der Waals surface area contributed by atoms with Crippen LogP contribution >= 0.6 is 0 Å². The van der Waals surface area contributed by atoms with E-state index < -0.39 is 28.3 Å². The molecule has 0 aromatic heterocycles. The quantitative estimate of drug-likeness (QED) is 0.761. The lowest BCUT2D eigenvalue weighted by Gasteiger charge is -2.04. The van der Waals surface area contributed by atoms with E-state index in [4.69, 9.17) is 5.11 Å². The van der Waals surface area contributed by atoms with Crippen LogP contribution in [0, 0.1) is 0 Å². The first kappa shape index (κ1) is 14.2. The SMILES string of the molecule is O=C(O)CNC(=O)CCS(=O)(=O)c1ccccc1. The van der Waals surface area contributed by atoms with Crippen molar-refractivity contribution in [2.24, 2.45) is 0 Å². The summed E-state index contributed by atoms with van der Waals surface area (Å²) in [5.74, 6) is -2.12. The Hall–Kier alpha value is -1.89. The second-order valence-electron chi connectivity index (χ2n) is 3.55. The first-order chi connectivity index (χ1) is 8.42. The molecule has 0 saturated heterocycles. The van der Waals surface area contributed by atoms with E-state index in [1.165, 1.54) is 12.1 Å². The Morgan fingerprint density at radius 3 is 2.33 bits per heavy atom. The largest absolute Gasteiger partial charge is 0.480 e. The molecule has 1 rings (SSSR count). The molecule has 0 aliphatic carbocycles. The number of hydrogen-bond acceptors (Lipinski definition) is 4. The zero-order chi connectivity index (χ0) is 13.6. The van der Waals surface area contributed by atoms with Gasteiger partial charge in [0.05, 0.1) is 10.6 Å². The summed E-state index contributed by atoms with van der Waals surface area (Å²) in [7, 11) is -3.50. The van der Waals surface area contributed by atoms with E-state index in [-0.39, 0.29) is 17.1 Å². The molecule has 0 heterocycles. The van der Waals surface area contributed by atoms with Gasteiger partial charge in [-0.25, -0.2) is 8.42 Å². The molecular formula is C11H13NO5S. The molecule has 1 aromatic carbocycles. The predicted molar refractivity (Wildman–Crippen MR) is 63.8 cm³/mol. The monoisotopic (exact) mass is 271 g/mol. The highest BCUT2D eigenvalue weighted by molar-refractivity contribution is 7.91.